The highest BCUT2D eigenvalue weighted by atomic mass is 16.5. The fourth-order valence-electron chi connectivity index (χ4n) is 2.58. The molecule has 1 amide bonds. The van der Waals surface area contributed by atoms with Crippen LogP contribution in [0.1, 0.15) is 43.0 Å². The second-order valence-corrected chi connectivity index (χ2v) is 5.78. The van der Waals surface area contributed by atoms with Crippen LogP contribution in [0.25, 0.3) is 0 Å². The molecule has 5 nitrogen and oxygen atoms in total. The summed E-state index contributed by atoms with van der Waals surface area (Å²) in [6, 6.07) is 7.16. The molecule has 1 aromatic rings. The number of amides is 1. The number of hydrogen-bond acceptors (Lipinski definition) is 4. The quantitative estimate of drug-likeness (QED) is 0.784. The van der Waals surface area contributed by atoms with Crippen LogP contribution in [0.15, 0.2) is 24.3 Å². The van der Waals surface area contributed by atoms with Crippen LogP contribution < -0.4 is 10.1 Å². The third kappa shape index (κ3) is 5.67. The van der Waals surface area contributed by atoms with Gasteiger partial charge in [-0.3, -0.25) is 9.59 Å². The van der Waals surface area contributed by atoms with Gasteiger partial charge in [0.15, 0.2) is 5.78 Å². The van der Waals surface area contributed by atoms with E-state index in [1.54, 1.807) is 12.1 Å². The molecule has 1 aliphatic rings. The van der Waals surface area contributed by atoms with E-state index in [4.69, 9.17) is 4.74 Å². The van der Waals surface area contributed by atoms with Gasteiger partial charge < -0.3 is 15.0 Å². The molecule has 0 aromatic heterocycles. The summed E-state index contributed by atoms with van der Waals surface area (Å²) in [5, 5.41) is 3.27. The van der Waals surface area contributed by atoms with Gasteiger partial charge in [0.05, 0.1) is 6.61 Å². The SMILES string of the molecule is CCCOc1ccc(C(=O)CCC(=O)N2CCCNCC2)cc1. The largest absolute Gasteiger partial charge is 0.494 e. The topological polar surface area (TPSA) is 58.6 Å². The summed E-state index contributed by atoms with van der Waals surface area (Å²) in [6.45, 7) is 6.02. The molecule has 126 valence electrons. The van der Waals surface area contributed by atoms with E-state index < -0.39 is 0 Å². The van der Waals surface area contributed by atoms with E-state index in [0.29, 0.717) is 12.2 Å². The van der Waals surface area contributed by atoms with Gasteiger partial charge in [-0.25, -0.2) is 0 Å². The first kappa shape index (κ1) is 17.5. The lowest BCUT2D eigenvalue weighted by Crippen LogP contribution is -2.34. The van der Waals surface area contributed by atoms with Gasteiger partial charge in [0.25, 0.3) is 0 Å². The van der Waals surface area contributed by atoms with Crippen LogP contribution in [-0.2, 0) is 4.79 Å². The minimum Gasteiger partial charge on any atom is -0.494 e. The number of ketones is 1. The van der Waals surface area contributed by atoms with E-state index >= 15 is 0 Å². The smallest absolute Gasteiger partial charge is 0.223 e. The first-order valence-corrected chi connectivity index (χ1v) is 8.45. The Kier molecular flexibility index (Phi) is 7.07. The van der Waals surface area contributed by atoms with Crippen molar-refractivity contribution in [3.8, 4) is 5.75 Å². The zero-order chi connectivity index (χ0) is 16.5. The van der Waals surface area contributed by atoms with Gasteiger partial charge in [0.2, 0.25) is 5.91 Å². The van der Waals surface area contributed by atoms with Crippen molar-refractivity contribution in [2.75, 3.05) is 32.8 Å². The standard InChI is InChI=1S/C18H26N2O3/c1-2-14-23-16-6-4-15(5-7-16)17(21)8-9-18(22)20-12-3-10-19-11-13-20/h4-7,19H,2-3,8-14H2,1H3. The summed E-state index contributed by atoms with van der Waals surface area (Å²) in [6.07, 6.45) is 2.47. The Morgan fingerprint density at radius 2 is 1.91 bits per heavy atom. The minimum absolute atomic E-state index is 0.00772. The number of nitrogens with one attached hydrogen (secondary N) is 1. The second kappa shape index (κ2) is 9.30. The van der Waals surface area contributed by atoms with Crippen molar-refractivity contribution < 1.29 is 14.3 Å². The number of benzene rings is 1. The van der Waals surface area contributed by atoms with E-state index in [1.165, 1.54) is 0 Å². The molecule has 0 saturated carbocycles. The Morgan fingerprint density at radius 1 is 1.13 bits per heavy atom. The molecular formula is C18H26N2O3. The molecule has 5 heteroatoms. The number of hydrogen-bond donors (Lipinski definition) is 1. The maximum atomic E-state index is 12.2. The summed E-state index contributed by atoms with van der Waals surface area (Å²) in [7, 11) is 0. The van der Waals surface area contributed by atoms with Crippen molar-refractivity contribution in [2.24, 2.45) is 0 Å². The fraction of sp³-hybridized carbons (Fsp3) is 0.556. The molecule has 1 saturated heterocycles. The molecule has 0 aliphatic carbocycles. The Labute approximate surface area is 138 Å². The molecule has 0 bridgehead atoms. The highest BCUT2D eigenvalue weighted by Gasteiger charge is 2.16. The van der Waals surface area contributed by atoms with Crippen LogP contribution >= 0.6 is 0 Å². The summed E-state index contributed by atoms with van der Waals surface area (Å²) < 4.78 is 5.50. The maximum Gasteiger partial charge on any atom is 0.223 e. The summed E-state index contributed by atoms with van der Waals surface area (Å²) >= 11 is 0. The van der Waals surface area contributed by atoms with Crippen LogP contribution in [0.5, 0.6) is 5.75 Å². The fourth-order valence-corrected chi connectivity index (χ4v) is 2.58. The molecule has 2 rings (SSSR count). The number of Topliss-reactive ketones (excluding diaryl/α,β-unsaturated/α-hetero) is 1. The van der Waals surface area contributed by atoms with E-state index in [0.717, 1.165) is 44.8 Å². The summed E-state index contributed by atoms with van der Waals surface area (Å²) in [5.74, 6) is 0.856. The minimum atomic E-state index is 0.00772. The summed E-state index contributed by atoms with van der Waals surface area (Å²) in [4.78, 5) is 26.2. The predicted octanol–water partition coefficient (Wildman–Crippen LogP) is 2.26. The van der Waals surface area contributed by atoms with E-state index in [9.17, 15) is 9.59 Å². The van der Waals surface area contributed by atoms with Crippen molar-refractivity contribution in [2.45, 2.75) is 32.6 Å². The zero-order valence-electron chi connectivity index (χ0n) is 13.8. The molecule has 0 radical (unpaired) electrons. The number of ether oxygens (including phenoxy) is 1. The first-order chi connectivity index (χ1) is 11.2. The molecule has 0 unspecified atom stereocenters. The average Bonchev–Trinajstić information content (AvgIpc) is 2.87. The number of rotatable bonds is 7. The first-order valence-electron chi connectivity index (χ1n) is 8.45. The van der Waals surface area contributed by atoms with Crippen molar-refractivity contribution in [3.05, 3.63) is 29.8 Å². The molecule has 0 spiro atoms. The predicted molar refractivity (Wildman–Crippen MR) is 89.9 cm³/mol. The van der Waals surface area contributed by atoms with Gasteiger partial charge in [-0.2, -0.15) is 0 Å². The van der Waals surface area contributed by atoms with E-state index in [1.807, 2.05) is 17.0 Å². The third-order valence-corrected chi connectivity index (χ3v) is 3.91. The molecule has 0 atom stereocenters. The van der Waals surface area contributed by atoms with Gasteiger partial charge in [-0.05, 0) is 43.7 Å². The van der Waals surface area contributed by atoms with Gasteiger partial charge in [-0.15, -0.1) is 0 Å². The number of nitrogens with zero attached hydrogens (tertiary/aromatic N) is 1. The molecule has 1 fully saturated rings. The monoisotopic (exact) mass is 318 g/mol. The number of carbonyl (C=O) groups is 2. The van der Waals surface area contributed by atoms with Crippen LogP contribution in [0.3, 0.4) is 0 Å². The Balaban J connectivity index is 1.80. The molecule has 1 heterocycles. The average molecular weight is 318 g/mol. The Morgan fingerprint density at radius 3 is 2.65 bits per heavy atom. The van der Waals surface area contributed by atoms with Crippen LogP contribution in [-0.4, -0.2) is 49.4 Å². The molecule has 1 N–H and O–H groups in total. The van der Waals surface area contributed by atoms with Crippen molar-refractivity contribution in [1.82, 2.24) is 10.2 Å². The van der Waals surface area contributed by atoms with Crippen LogP contribution in [0.2, 0.25) is 0 Å². The third-order valence-electron chi connectivity index (χ3n) is 3.91. The van der Waals surface area contributed by atoms with Crippen molar-refractivity contribution >= 4 is 11.7 Å². The molecule has 1 aromatic carbocycles. The van der Waals surface area contributed by atoms with Crippen LogP contribution in [0, 0.1) is 0 Å². The normalized spacial score (nSPS) is 15.1. The van der Waals surface area contributed by atoms with Crippen molar-refractivity contribution in [1.29, 1.82) is 0 Å². The maximum absolute atomic E-state index is 12.2. The number of carbonyl (C=O) groups excluding carboxylic acids is 2. The molecule has 1 aliphatic heterocycles. The van der Waals surface area contributed by atoms with Crippen LogP contribution in [0.4, 0.5) is 0 Å². The van der Waals surface area contributed by atoms with Gasteiger partial charge >= 0.3 is 0 Å². The highest BCUT2D eigenvalue weighted by Crippen LogP contribution is 2.15. The zero-order valence-corrected chi connectivity index (χ0v) is 13.8. The lowest BCUT2D eigenvalue weighted by Gasteiger charge is -2.19. The van der Waals surface area contributed by atoms with E-state index in [-0.39, 0.29) is 24.5 Å². The van der Waals surface area contributed by atoms with Gasteiger partial charge in [-0.1, -0.05) is 6.92 Å². The van der Waals surface area contributed by atoms with E-state index in [2.05, 4.69) is 12.2 Å². The lowest BCUT2D eigenvalue weighted by molar-refractivity contribution is -0.130. The second-order valence-electron chi connectivity index (χ2n) is 5.78. The molecule has 23 heavy (non-hydrogen) atoms. The van der Waals surface area contributed by atoms with Gasteiger partial charge in [0.1, 0.15) is 5.75 Å². The lowest BCUT2D eigenvalue weighted by atomic mass is 10.1. The molecular weight excluding hydrogens is 292 g/mol. The Bertz CT molecular complexity index is 506. The summed E-state index contributed by atoms with van der Waals surface area (Å²) in [5.41, 5.74) is 0.638. The highest BCUT2D eigenvalue weighted by molar-refractivity contribution is 5.98. The Hall–Kier alpha value is -1.88. The van der Waals surface area contributed by atoms with Crippen molar-refractivity contribution in [3.63, 3.8) is 0 Å². The van der Waals surface area contributed by atoms with Gasteiger partial charge in [0, 0.05) is 38.0 Å².